The molecule has 0 aliphatic carbocycles. The lowest BCUT2D eigenvalue weighted by Crippen LogP contribution is -2.26. The Balaban J connectivity index is 1.55. The van der Waals surface area contributed by atoms with Crippen molar-refractivity contribution in [1.82, 2.24) is 15.3 Å². The normalized spacial score (nSPS) is 16.1. The zero-order valence-corrected chi connectivity index (χ0v) is 18.7. The monoisotopic (exact) mass is 404 g/mol. The Morgan fingerprint density at radius 3 is 2.70 bits per heavy atom. The number of pyridine rings is 1. The fourth-order valence-corrected chi connectivity index (χ4v) is 4.64. The number of rotatable bonds is 8. The molecule has 160 valence electrons. The maximum atomic E-state index is 4.87. The molecule has 1 aliphatic rings. The van der Waals surface area contributed by atoms with Gasteiger partial charge < -0.3 is 15.6 Å². The van der Waals surface area contributed by atoms with Crippen molar-refractivity contribution in [2.75, 3.05) is 18.4 Å². The second-order valence-corrected chi connectivity index (χ2v) is 8.94. The van der Waals surface area contributed by atoms with Crippen molar-refractivity contribution in [2.45, 2.75) is 65.2 Å². The molecule has 2 aromatic heterocycles. The molecule has 0 amide bonds. The number of hydrogen-bond acceptors (Lipinski definition) is 3. The van der Waals surface area contributed by atoms with Gasteiger partial charge in [0.25, 0.3) is 0 Å². The Bertz CT molecular complexity index is 968. The van der Waals surface area contributed by atoms with Crippen LogP contribution in [0.1, 0.15) is 69.1 Å². The third-order valence-corrected chi connectivity index (χ3v) is 6.61. The van der Waals surface area contributed by atoms with Crippen LogP contribution in [0.25, 0.3) is 11.0 Å². The number of anilines is 2. The summed E-state index contributed by atoms with van der Waals surface area (Å²) in [4.78, 5) is 8.28. The molecular weight excluding hydrogens is 368 g/mol. The largest absolute Gasteiger partial charge is 0.346 e. The van der Waals surface area contributed by atoms with Gasteiger partial charge in [0.05, 0.1) is 0 Å². The minimum Gasteiger partial charge on any atom is -0.346 e. The van der Waals surface area contributed by atoms with Gasteiger partial charge in [-0.05, 0) is 91.6 Å². The molecule has 1 unspecified atom stereocenters. The van der Waals surface area contributed by atoms with E-state index in [0.717, 1.165) is 43.1 Å². The molecule has 0 bridgehead atoms. The topological polar surface area (TPSA) is 52.7 Å². The Hall–Kier alpha value is -2.33. The summed E-state index contributed by atoms with van der Waals surface area (Å²) in [6, 6.07) is 11.2. The number of benzene rings is 1. The molecule has 30 heavy (non-hydrogen) atoms. The van der Waals surface area contributed by atoms with E-state index in [-0.39, 0.29) is 0 Å². The second kappa shape index (κ2) is 9.65. The van der Waals surface area contributed by atoms with E-state index < -0.39 is 0 Å². The van der Waals surface area contributed by atoms with Gasteiger partial charge in [-0.3, -0.25) is 0 Å². The lowest BCUT2D eigenvalue weighted by Gasteiger charge is -2.22. The number of aromatic amines is 1. The van der Waals surface area contributed by atoms with E-state index in [0.29, 0.717) is 11.8 Å². The summed E-state index contributed by atoms with van der Waals surface area (Å²) < 4.78 is 0. The van der Waals surface area contributed by atoms with E-state index in [4.69, 9.17) is 4.98 Å². The number of H-pyrrole nitrogens is 1. The smallest absolute Gasteiger partial charge is 0.140 e. The highest BCUT2D eigenvalue weighted by atomic mass is 15.0. The second-order valence-electron chi connectivity index (χ2n) is 8.94. The first-order valence-electron chi connectivity index (χ1n) is 11.8. The van der Waals surface area contributed by atoms with Gasteiger partial charge in [-0.2, -0.15) is 0 Å². The first kappa shape index (κ1) is 20.9. The van der Waals surface area contributed by atoms with Crippen LogP contribution in [0.3, 0.4) is 0 Å². The minimum absolute atomic E-state index is 0.634. The fraction of sp³-hybridized carbons (Fsp3) is 0.500. The molecule has 3 heterocycles. The SMILES string of the molecule is CCCc1ccc(Nc2ccc3c(C4CCNCC4)c[nH]c3n2)cc1CC(C)CC. The van der Waals surface area contributed by atoms with Crippen LogP contribution in [0.5, 0.6) is 0 Å². The standard InChI is InChI=1S/C26H36N4/c1-4-6-19-7-8-22(16-21(19)15-18(3)5-2)29-25-10-9-23-24(17-28-26(23)30-25)20-11-13-27-14-12-20/h7-10,16-18,20,27H,4-6,11-15H2,1-3H3,(H2,28,29,30). The van der Waals surface area contributed by atoms with Gasteiger partial charge in [0, 0.05) is 17.3 Å². The Morgan fingerprint density at radius 2 is 1.93 bits per heavy atom. The third kappa shape index (κ3) is 4.70. The Labute approximate surface area is 180 Å². The van der Waals surface area contributed by atoms with Crippen LogP contribution in [0.15, 0.2) is 36.5 Å². The number of fused-ring (bicyclic) bond motifs is 1. The van der Waals surface area contributed by atoms with Crippen LogP contribution >= 0.6 is 0 Å². The molecule has 4 rings (SSSR count). The molecular formula is C26H36N4. The molecule has 1 atom stereocenters. The van der Waals surface area contributed by atoms with Crippen molar-refractivity contribution in [1.29, 1.82) is 0 Å². The summed E-state index contributed by atoms with van der Waals surface area (Å²) in [5, 5.41) is 8.27. The third-order valence-electron chi connectivity index (χ3n) is 6.61. The molecule has 4 heteroatoms. The van der Waals surface area contributed by atoms with Crippen LogP contribution in [0, 0.1) is 5.92 Å². The zero-order valence-electron chi connectivity index (χ0n) is 18.7. The van der Waals surface area contributed by atoms with Crippen molar-refractivity contribution < 1.29 is 0 Å². The van der Waals surface area contributed by atoms with E-state index >= 15 is 0 Å². The molecule has 3 N–H and O–H groups in total. The Kier molecular flexibility index (Phi) is 6.73. The molecule has 0 spiro atoms. The van der Waals surface area contributed by atoms with Gasteiger partial charge in [-0.15, -0.1) is 0 Å². The van der Waals surface area contributed by atoms with Gasteiger partial charge in [0.2, 0.25) is 0 Å². The maximum absolute atomic E-state index is 4.87. The van der Waals surface area contributed by atoms with Crippen LogP contribution < -0.4 is 10.6 Å². The van der Waals surface area contributed by atoms with E-state index in [2.05, 4.69) is 72.9 Å². The molecule has 1 aliphatic heterocycles. The summed E-state index contributed by atoms with van der Waals surface area (Å²) in [5.41, 5.74) is 6.50. The van der Waals surface area contributed by atoms with Crippen LogP contribution in [0.4, 0.5) is 11.5 Å². The average Bonchev–Trinajstić information content (AvgIpc) is 3.19. The van der Waals surface area contributed by atoms with Gasteiger partial charge in [0.15, 0.2) is 0 Å². The highest BCUT2D eigenvalue weighted by molar-refractivity contribution is 5.82. The van der Waals surface area contributed by atoms with Crippen LogP contribution in [-0.2, 0) is 12.8 Å². The predicted molar refractivity (Wildman–Crippen MR) is 128 cm³/mol. The number of hydrogen-bond donors (Lipinski definition) is 3. The average molecular weight is 405 g/mol. The Morgan fingerprint density at radius 1 is 1.10 bits per heavy atom. The molecule has 1 saturated heterocycles. The minimum atomic E-state index is 0.634. The van der Waals surface area contributed by atoms with E-state index in [9.17, 15) is 0 Å². The summed E-state index contributed by atoms with van der Waals surface area (Å²) >= 11 is 0. The lowest BCUT2D eigenvalue weighted by molar-refractivity contribution is 0.462. The molecule has 0 radical (unpaired) electrons. The number of aryl methyl sites for hydroxylation is 1. The van der Waals surface area contributed by atoms with Crippen molar-refractivity contribution >= 4 is 22.5 Å². The summed E-state index contributed by atoms with van der Waals surface area (Å²) in [6.45, 7) is 9.10. The molecule has 3 aromatic rings. The van der Waals surface area contributed by atoms with Gasteiger partial charge in [-0.25, -0.2) is 4.98 Å². The van der Waals surface area contributed by atoms with Crippen LogP contribution in [-0.4, -0.2) is 23.1 Å². The van der Waals surface area contributed by atoms with E-state index in [1.54, 1.807) is 0 Å². The molecule has 4 nitrogen and oxygen atoms in total. The van der Waals surface area contributed by atoms with Gasteiger partial charge in [0.1, 0.15) is 11.5 Å². The van der Waals surface area contributed by atoms with Crippen molar-refractivity contribution in [3.05, 3.63) is 53.2 Å². The van der Waals surface area contributed by atoms with E-state index in [1.807, 2.05) is 0 Å². The van der Waals surface area contributed by atoms with Crippen molar-refractivity contribution in [2.24, 2.45) is 5.92 Å². The number of piperidine rings is 1. The van der Waals surface area contributed by atoms with Crippen LogP contribution in [0.2, 0.25) is 0 Å². The number of aromatic nitrogens is 2. The quantitative estimate of drug-likeness (QED) is 0.412. The summed E-state index contributed by atoms with van der Waals surface area (Å²) in [6.07, 6.45) is 9.27. The van der Waals surface area contributed by atoms with Crippen molar-refractivity contribution in [3.63, 3.8) is 0 Å². The van der Waals surface area contributed by atoms with Gasteiger partial charge >= 0.3 is 0 Å². The fourth-order valence-electron chi connectivity index (χ4n) is 4.64. The number of nitrogens with zero attached hydrogens (tertiary/aromatic N) is 1. The molecule has 1 fully saturated rings. The van der Waals surface area contributed by atoms with E-state index in [1.165, 1.54) is 47.8 Å². The molecule has 1 aromatic carbocycles. The highest BCUT2D eigenvalue weighted by Gasteiger charge is 2.19. The van der Waals surface area contributed by atoms with Crippen molar-refractivity contribution in [3.8, 4) is 0 Å². The lowest BCUT2D eigenvalue weighted by atomic mass is 9.90. The predicted octanol–water partition coefficient (Wildman–Crippen LogP) is 6.31. The maximum Gasteiger partial charge on any atom is 0.140 e. The summed E-state index contributed by atoms with van der Waals surface area (Å²) in [7, 11) is 0. The first-order chi connectivity index (χ1) is 14.7. The number of nitrogens with one attached hydrogen (secondary N) is 3. The highest BCUT2D eigenvalue weighted by Crippen LogP contribution is 2.32. The first-order valence-corrected chi connectivity index (χ1v) is 11.8. The molecule has 0 saturated carbocycles. The zero-order chi connectivity index (χ0) is 20.9. The summed E-state index contributed by atoms with van der Waals surface area (Å²) in [5.74, 6) is 2.24. The van der Waals surface area contributed by atoms with Gasteiger partial charge in [-0.1, -0.05) is 39.7 Å².